The molecule has 1 unspecified atom stereocenters. The molecule has 0 bridgehead atoms. The van der Waals surface area contributed by atoms with Gasteiger partial charge in [-0.1, -0.05) is 19.8 Å². The molecule has 0 radical (unpaired) electrons. The lowest BCUT2D eigenvalue weighted by atomic mass is 9.96. The molecule has 0 aliphatic heterocycles. The lowest BCUT2D eigenvalue weighted by Gasteiger charge is -2.37. The minimum Gasteiger partial charge on any atom is -0.392 e. The molecule has 1 N–H and O–H groups in total. The molecule has 2 heteroatoms. The van der Waals surface area contributed by atoms with Crippen molar-refractivity contribution in [1.82, 2.24) is 4.90 Å². The lowest BCUT2D eigenvalue weighted by molar-refractivity contribution is 0.0365. The predicted molar refractivity (Wildman–Crippen MR) is 65.0 cm³/mol. The highest BCUT2D eigenvalue weighted by Crippen LogP contribution is 2.29. The van der Waals surface area contributed by atoms with E-state index in [-0.39, 0.29) is 11.6 Å². The third kappa shape index (κ3) is 3.46. The van der Waals surface area contributed by atoms with Crippen LogP contribution in [0, 0.1) is 5.92 Å². The van der Waals surface area contributed by atoms with Gasteiger partial charge in [-0.05, 0) is 46.1 Å². The third-order valence-corrected chi connectivity index (χ3v) is 4.30. The number of aliphatic hydroxyl groups is 1. The Kier molecular flexibility index (Phi) is 4.60. The van der Waals surface area contributed by atoms with E-state index in [1.807, 2.05) is 0 Å². The van der Waals surface area contributed by atoms with Crippen molar-refractivity contribution < 1.29 is 5.11 Å². The summed E-state index contributed by atoms with van der Waals surface area (Å²) in [4.78, 5) is 2.30. The zero-order valence-corrected chi connectivity index (χ0v) is 10.8. The van der Waals surface area contributed by atoms with Gasteiger partial charge in [-0.3, -0.25) is 4.90 Å². The summed E-state index contributed by atoms with van der Waals surface area (Å²) in [5, 5.41) is 10.1. The molecule has 1 aliphatic rings. The Balaban J connectivity index is 2.39. The van der Waals surface area contributed by atoms with E-state index in [0.717, 1.165) is 13.0 Å². The van der Waals surface area contributed by atoms with Gasteiger partial charge in [0.1, 0.15) is 0 Å². The van der Waals surface area contributed by atoms with Gasteiger partial charge in [0.25, 0.3) is 0 Å². The van der Waals surface area contributed by atoms with Gasteiger partial charge in [0.2, 0.25) is 0 Å². The van der Waals surface area contributed by atoms with Crippen molar-refractivity contribution in [3.63, 3.8) is 0 Å². The average Bonchev–Trinajstić information content (AvgIpc) is 2.70. The summed E-state index contributed by atoms with van der Waals surface area (Å²) < 4.78 is 0. The number of hydrogen-bond donors (Lipinski definition) is 1. The molecule has 1 saturated carbocycles. The smallest absolute Gasteiger partial charge is 0.0695 e. The molecule has 1 atom stereocenters. The maximum Gasteiger partial charge on any atom is 0.0695 e. The van der Waals surface area contributed by atoms with Crippen LogP contribution in [-0.2, 0) is 0 Å². The van der Waals surface area contributed by atoms with Gasteiger partial charge >= 0.3 is 0 Å². The molecule has 1 rings (SSSR count). The highest BCUT2D eigenvalue weighted by Gasteiger charge is 2.28. The summed E-state index contributed by atoms with van der Waals surface area (Å²) in [6.45, 7) is 7.52. The molecule has 0 saturated heterocycles. The minimum absolute atomic E-state index is 0.122. The standard InChI is InChI=1S/C13H27NO/c1-5-13(2,3)14(4)10-12(15)11-8-6-7-9-11/h11-12,15H,5-10H2,1-4H3. The minimum atomic E-state index is -0.122. The second kappa shape index (κ2) is 5.31. The first-order valence-corrected chi connectivity index (χ1v) is 6.36. The monoisotopic (exact) mass is 213 g/mol. The van der Waals surface area contributed by atoms with E-state index in [1.165, 1.54) is 25.7 Å². The SMILES string of the molecule is CCC(C)(C)N(C)CC(O)C1CCCC1. The quantitative estimate of drug-likeness (QED) is 0.759. The zero-order valence-electron chi connectivity index (χ0n) is 10.8. The van der Waals surface area contributed by atoms with Crippen LogP contribution in [0.25, 0.3) is 0 Å². The third-order valence-electron chi connectivity index (χ3n) is 4.30. The normalized spacial score (nSPS) is 21.2. The number of aliphatic hydroxyl groups excluding tert-OH is 1. The summed E-state index contributed by atoms with van der Waals surface area (Å²) in [6.07, 6.45) is 6.07. The van der Waals surface area contributed by atoms with E-state index in [1.54, 1.807) is 0 Å². The molecule has 0 aromatic rings. The molecule has 0 spiro atoms. The maximum absolute atomic E-state index is 10.1. The second-order valence-corrected chi connectivity index (χ2v) is 5.66. The van der Waals surface area contributed by atoms with Crippen LogP contribution in [0.5, 0.6) is 0 Å². The molecule has 15 heavy (non-hydrogen) atoms. The van der Waals surface area contributed by atoms with Crippen LogP contribution < -0.4 is 0 Å². The number of hydrogen-bond acceptors (Lipinski definition) is 2. The fourth-order valence-corrected chi connectivity index (χ4v) is 2.29. The topological polar surface area (TPSA) is 23.5 Å². The molecule has 2 nitrogen and oxygen atoms in total. The van der Waals surface area contributed by atoms with Crippen molar-refractivity contribution in [3.05, 3.63) is 0 Å². The molecule has 0 aromatic heterocycles. The Morgan fingerprint density at radius 1 is 1.33 bits per heavy atom. The maximum atomic E-state index is 10.1. The van der Waals surface area contributed by atoms with Crippen LogP contribution in [0.1, 0.15) is 52.9 Å². The Hall–Kier alpha value is -0.0800. The first-order chi connectivity index (χ1) is 6.97. The molecule has 1 fully saturated rings. The Morgan fingerprint density at radius 3 is 2.33 bits per heavy atom. The number of nitrogens with zero attached hydrogens (tertiary/aromatic N) is 1. The fraction of sp³-hybridized carbons (Fsp3) is 1.00. The van der Waals surface area contributed by atoms with Crippen LogP contribution >= 0.6 is 0 Å². The molecular weight excluding hydrogens is 186 g/mol. The van der Waals surface area contributed by atoms with E-state index in [9.17, 15) is 5.11 Å². The van der Waals surface area contributed by atoms with Gasteiger partial charge in [-0.25, -0.2) is 0 Å². The van der Waals surface area contributed by atoms with Crippen LogP contribution in [0.2, 0.25) is 0 Å². The first-order valence-electron chi connectivity index (χ1n) is 6.36. The highest BCUT2D eigenvalue weighted by atomic mass is 16.3. The molecule has 0 heterocycles. The van der Waals surface area contributed by atoms with Gasteiger partial charge in [0.15, 0.2) is 0 Å². The van der Waals surface area contributed by atoms with Gasteiger partial charge < -0.3 is 5.11 Å². The fourth-order valence-electron chi connectivity index (χ4n) is 2.29. The Morgan fingerprint density at radius 2 is 1.87 bits per heavy atom. The van der Waals surface area contributed by atoms with Crippen LogP contribution in [0.4, 0.5) is 0 Å². The average molecular weight is 213 g/mol. The first kappa shape index (κ1) is 13.0. The van der Waals surface area contributed by atoms with Crippen molar-refractivity contribution in [2.24, 2.45) is 5.92 Å². The van der Waals surface area contributed by atoms with E-state index >= 15 is 0 Å². The van der Waals surface area contributed by atoms with Gasteiger partial charge in [-0.2, -0.15) is 0 Å². The highest BCUT2D eigenvalue weighted by molar-refractivity contribution is 4.82. The predicted octanol–water partition coefficient (Wildman–Crippen LogP) is 2.66. The van der Waals surface area contributed by atoms with Gasteiger partial charge in [0, 0.05) is 12.1 Å². The van der Waals surface area contributed by atoms with Crippen molar-refractivity contribution in [2.45, 2.75) is 64.5 Å². The van der Waals surface area contributed by atoms with E-state index in [0.29, 0.717) is 5.92 Å². The van der Waals surface area contributed by atoms with Crippen molar-refractivity contribution >= 4 is 0 Å². The second-order valence-electron chi connectivity index (χ2n) is 5.66. The van der Waals surface area contributed by atoms with E-state index in [4.69, 9.17) is 0 Å². The van der Waals surface area contributed by atoms with Gasteiger partial charge in [0.05, 0.1) is 6.10 Å². The summed E-state index contributed by atoms with van der Waals surface area (Å²) in [7, 11) is 2.13. The van der Waals surface area contributed by atoms with E-state index in [2.05, 4.69) is 32.7 Å². The van der Waals surface area contributed by atoms with Crippen molar-refractivity contribution in [2.75, 3.05) is 13.6 Å². The largest absolute Gasteiger partial charge is 0.392 e. The number of β-amino-alcohol motifs (C(OH)–C–C–N with tert-alkyl or cyclic N) is 1. The molecular formula is C13H27NO. The molecule has 0 amide bonds. The Labute approximate surface area is 94.7 Å². The molecule has 0 aromatic carbocycles. The number of likely N-dealkylation sites (N-methyl/N-ethyl adjacent to an activating group) is 1. The molecule has 90 valence electrons. The summed E-state index contributed by atoms with van der Waals surface area (Å²) >= 11 is 0. The summed E-state index contributed by atoms with van der Waals surface area (Å²) in [5.41, 5.74) is 0.208. The van der Waals surface area contributed by atoms with Crippen LogP contribution in [0.15, 0.2) is 0 Å². The van der Waals surface area contributed by atoms with E-state index < -0.39 is 0 Å². The number of rotatable bonds is 5. The summed E-state index contributed by atoms with van der Waals surface area (Å²) in [6, 6.07) is 0. The van der Waals surface area contributed by atoms with Crippen LogP contribution in [0.3, 0.4) is 0 Å². The van der Waals surface area contributed by atoms with Crippen molar-refractivity contribution in [3.8, 4) is 0 Å². The molecule has 1 aliphatic carbocycles. The van der Waals surface area contributed by atoms with Crippen molar-refractivity contribution in [1.29, 1.82) is 0 Å². The van der Waals surface area contributed by atoms with Gasteiger partial charge in [-0.15, -0.1) is 0 Å². The summed E-state index contributed by atoms with van der Waals surface area (Å²) in [5.74, 6) is 0.556. The van der Waals surface area contributed by atoms with Crippen LogP contribution in [-0.4, -0.2) is 35.2 Å². The Bertz CT molecular complexity index is 185. The lowest BCUT2D eigenvalue weighted by Crippen LogP contribution is -2.45. The zero-order chi connectivity index (χ0) is 11.5.